The molecule has 1 unspecified atom stereocenters. The first kappa shape index (κ1) is 13.5. The van der Waals surface area contributed by atoms with Gasteiger partial charge in [0.25, 0.3) is 5.82 Å². The molecule has 1 atom stereocenters. The van der Waals surface area contributed by atoms with E-state index in [9.17, 15) is 14.9 Å². The third-order valence-corrected chi connectivity index (χ3v) is 1.84. The lowest BCUT2D eigenvalue weighted by molar-refractivity contribution is -0.692. The van der Waals surface area contributed by atoms with Crippen molar-refractivity contribution in [3.05, 3.63) is 28.4 Å². The molecule has 0 amide bonds. The van der Waals surface area contributed by atoms with Gasteiger partial charge in [-0.05, 0) is 6.92 Å². The van der Waals surface area contributed by atoms with Crippen molar-refractivity contribution in [1.29, 1.82) is 0 Å². The summed E-state index contributed by atoms with van der Waals surface area (Å²) in [4.78, 5) is 20.4. The summed E-state index contributed by atoms with van der Waals surface area (Å²) in [6.07, 6.45) is 1.91. The second-order valence-electron chi connectivity index (χ2n) is 2.85. The van der Waals surface area contributed by atoms with Crippen LogP contribution in [0, 0.1) is 10.1 Å². The molecule has 0 bridgehead atoms. The van der Waals surface area contributed by atoms with Gasteiger partial charge in [0, 0.05) is 12.1 Å². The average molecular weight is 276 g/mol. The third kappa shape index (κ3) is 2.98. The molecule has 0 aromatic carbocycles. The zero-order chi connectivity index (χ0) is 10.7. The Kier molecular flexibility index (Phi) is 4.86. The van der Waals surface area contributed by atoms with Crippen LogP contribution in [0.1, 0.15) is 13.0 Å². The fourth-order valence-corrected chi connectivity index (χ4v) is 1.04. The van der Waals surface area contributed by atoms with Gasteiger partial charge in [0.1, 0.15) is 0 Å². The molecule has 0 aliphatic carbocycles. The normalized spacial score (nSPS) is 11.3. The van der Waals surface area contributed by atoms with Gasteiger partial charge >= 0.3 is 5.69 Å². The number of carbonyl (C=O) groups excluding carboxylic acids is 1. The standard InChI is InChI=1S/C8H9N3O3.BrH/c1-6(5-12)10-4-7(11(13)14)2-3-8(10)9;/h2-6,9H,1H3;1H. The number of pyridine rings is 1. The van der Waals surface area contributed by atoms with Crippen LogP contribution in [0.25, 0.3) is 0 Å². The fraction of sp³-hybridized carbons (Fsp3) is 0.250. The first-order valence-electron chi connectivity index (χ1n) is 3.96. The molecule has 82 valence electrons. The van der Waals surface area contributed by atoms with Crippen LogP contribution in [0.5, 0.6) is 0 Å². The minimum absolute atomic E-state index is 0. The first-order chi connectivity index (χ1) is 6.56. The molecule has 15 heavy (non-hydrogen) atoms. The number of nitrogens with zero attached hydrogens (tertiary/aromatic N) is 2. The number of nitrogen functional groups attached to an aromatic ring is 1. The summed E-state index contributed by atoms with van der Waals surface area (Å²) in [6.45, 7) is 1.60. The van der Waals surface area contributed by atoms with E-state index in [1.165, 1.54) is 22.9 Å². The van der Waals surface area contributed by atoms with Crippen LogP contribution >= 0.6 is 0 Å². The molecule has 1 heterocycles. The Hall–Kier alpha value is -1.50. The summed E-state index contributed by atoms with van der Waals surface area (Å²) in [5.74, 6) is 0.315. The Morgan fingerprint density at radius 2 is 2.20 bits per heavy atom. The molecule has 0 saturated heterocycles. The minimum Gasteiger partial charge on any atom is -1.00 e. The Balaban J connectivity index is 0.00000196. The van der Waals surface area contributed by atoms with Crippen LogP contribution in [0.3, 0.4) is 0 Å². The highest BCUT2D eigenvalue weighted by Crippen LogP contribution is 2.10. The van der Waals surface area contributed by atoms with E-state index in [4.69, 9.17) is 5.73 Å². The van der Waals surface area contributed by atoms with Gasteiger partial charge in [-0.3, -0.25) is 20.6 Å². The Labute approximate surface area is 96.6 Å². The van der Waals surface area contributed by atoms with E-state index in [0.29, 0.717) is 12.1 Å². The molecule has 0 saturated carbocycles. The zero-order valence-electron chi connectivity index (χ0n) is 7.96. The van der Waals surface area contributed by atoms with Gasteiger partial charge in [0.15, 0.2) is 18.5 Å². The number of hydrogen-bond acceptors (Lipinski definition) is 4. The first-order valence-corrected chi connectivity index (χ1v) is 3.96. The number of aldehydes is 1. The second kappa shape index (κ2) is 5.40. The maximum Gasteiger partial charge on any atom is 0.308 e. The van der Waals surface area contributed by atoms with E-state index >= 15 is 0 Å². The number of nitro groups is 1. The van der Waals surface area contributed by atoms with Crippen molar-refractivity contribution in [1.82, 2.24) is 0 Å². The number of halogens is 1. The second-order valence-corrected chi connectivity index (χ2v) is 2.85. The summed E-state index contributed by atoms with van der Waals surface area (Å²) in [5.41, 5.74) is 5.46. The highest BCUT2D eigenvalue weighted by molar-refractivity contribution is 5.52. The van der Waals surface area contributed by atoms with E-state index in [2.05, 4.69) is 0 Å². The van der Waals surface area contributed by atoms with Gasteiger partial charge in [-0.25, -0.2) is 4.57 Å². The van der Waals surface area contributed by atoms with E-state index in [1.54, 1.807) is 6.92 Å². The maximum absolute atomic E-state index is 10.5. The van der Waals surface area contributed by atoms with Crippen molar-refractivity contribution in [3.8, 4) is 0 Å². The molecular formula is C8H10BrN3O3. The molecule has 0 aliphatic rings. The zero-order valence-corrected chi connectivity index (χ0v) is 9.55. The van der Waals surface area contributed by atoms with Gasteiger partial charge in [-0.2, -0.15) is 0 Å². The van der Waals surface area contributed by atoms with Crippen molar-refractivity contribution in [2.45, 2.75) is 13.0 Å². The fourth-order valence-electron chi connectivity index (χ4n) is 1.04. The molecule has 7 heteroatoms. The molecule has 0 fully saturated rings. The summed E-state index contributed by atoms with van der Waals surface area (Å²) in [6, 6.07) is 2.19. The van der Waals surface area contributed by atoms with Gasteiger partial charge in [0.2, 0.25) is 0 Å². The summed E-state index contributed by atoms with van der Waals surface area (Å²) in [7, 11) is 0. The number of aromatic nitrogens is 1. The van der Waals surface area contributed by atoms with Crippen LogP contribution in [0.15, 0.2) is 18.3 Å². The van der Waals surface area contributed by atoms with Crippen molar-refractivity contribution in [2.75, 3.05) is 5.73 Å². The Bertz CT molecular complexity index is 383. The van der Waals surface area contributed by atoms with Gasteiger partial charge in [-0.15, -0.1) is 0 Å². The predicted molar refractivity (Wildman–Crippen MR) is 48.5 cm³/mol. The van der Waals surface area contributed by atoms with Gasteiger partial charge in [0.05, 0.1) is 4.92 Å². The third-order valence-electron chi connectivity index (χ3n) is 1.84. The molecule has 1 aromatic rings. The van der Waals surface area contributed by atoms with Crippen LogP contribution in [0.2, 0.25) is 0 Å². The highest BCUT2D eigenvalue weighted by Gasteiger charge is 2.17. The highest BCUT2D eigenvalue weighted by atomic mass is 79.9. The Morgan fingerprint density at radius 1 is 1.60 bits per heavy atom. The lowest BCUT2D eigenvalue weighted by Crippen LogP contribution is -3.00. The maximum atomic E-state index is 10.5. The van der Waals surface area contributed by atoms with Gasteiger partial charge in [-0.1, -0.05) is 0 Å². The lowest BCUT2D eigenvalue weighted by Gasteiger charge is -2.04. The summed E-state index contributed by atoms with van der Waals surface area (Å²) < 4.78 is 1.35. The van der Waals surface area contributed by atoms with Crippen molar-refractivity contribution in [3.63, 3.8) is 0 Å². The molecular weight excluding hydrogens is 266 g/mol. The number of nitrogens with two attached hydrogens (primary N) is 1. The Morgan fingerprint density at radius 3 is 2.67 bits per heavy atom. The number of hydrogen-bond donors (Lipinski definition) is 1. The van der Waals surface area contributed by atoms with Gasteiger partial charge < -0.3 is 17.0 Å². The SMILES string of the molecule is CC(C=O)[n+]1cc([N+](=O)[O-])ccc1N.[Br-]. The average Bonchev–Trinajstić information content (AvgIpc) is 2.17. The van der Waals surface area contributed by atoms with Crippen LogP contribution in [-0.4, -0.2) is 11.2 Å². The van der Waals surface area contributed by atoms with Crippen LogP contribution in [0.4, 0.5) is 11.5 Å². The monoisotopic (exact) mass is 275 g/mol. The minimum atomic E-state index is -0.534. The predicted octanol–water partition coefficient (Wildman–Crippen LogP) is -2.77. The molecule has 1 aromatic heterocycles. The molecule has 2 N–H and O–H groups in total. The molecule has 1 rings (SSSR count). The number of anilines is 1. The topological polar surface area (TPSA) is 90.1 Å². The van der Waals surface area contributed by atoms with Crippen molar-refractivity contribution < 1.29 is 31.3 Å². The van der Waals surface area contributed by atoms with Crippen LogP contribution < -0.4 is 27.3 Å². The smallest absolute Gasteiger partial charge is 0.308 e. The summed E-state index contributed by atoms with van der Waals surface area (Å²) in [5, 5.41) is 10.4. The number of rotatable bonds is 3. The lowest BCUT2D eigenvalue weighted by atomic mass is 10.3. The van der Waals surface area contributed by atoms with E-state index < -0.39 is 11.0 Å². The molecule has 0 spiro atoms. The largest absolute Gasteiger partial charge is 1.00 e. The quantitative estimate of drug-likeness (QED) is 0.280. The van der Waals surface area contributed by atoms with Crippen molar-refractivity contribution >= 4 is 17.8 Å². The molecule has 0 radical (unpaired) electrons. The van der Waals surface area contributed by atoms with E-state index in [0.717, 1.165) is 0 Å². The van der Waals surface area contributed by atoms with E-state index in [-0.39, 0.29) is 22.7 Å². The molecule has 0 aliphatic heterocycles. The van der Waals surface area contributed by atoms with Crippen molar-refractivity contribution in [2.24, 2.45) is 0 Å². The summed E-state index contributed by atoms with van der Waals surface area (Å²) >= 11 is 0. The number of carbonyl (C=O) groups is 1. The van der Waals surface area contributed by atoms with Crippen LogP contribution in [-0.2, 0) is 4.79 Å². The molecule has 6 nitrogen and oxygen atoms in total. The van der Waals surface area contributed by atoms with E-state index in [1.807, 2.05) is 0 Å².